The van der Waals surface area contributed by atoms with Gasteiger partial charge in [0.05, 0.1) is 13.2 Å². The average molecular weight is 663 g/mol. The lowest BCUT2D eigenvalue weighted by Gasteiger charge is -2.43. The zero-order valence-corrected chi connectivity index (χ0v) is 27.8. The molecule has 2 heterocycles. The number of rotatable bonds is 25. The summed E-state index contributed by atoms with van der Waals surface area (Å²) < 4.78 is 21.8. The molecule has 46 heavy (non-hydrogen) atoms. The first-order valence-electron chi connectivity index (χ1n) is 17.6. The van der Waals surface area contributed by atoms with Gasteiger partial charge in [-0.3, -0.25) is 4.79 Å². The highest BCUT2D eigenvalue weighted by atomic mass is 16.8. The first-order chi connectivity index (χ1) is 22.2. The standard InChI is InChI=1S/C34H62O12/c1-2-3-4-5-6-7-8-9-10-11-12-13-14-15-16-17-18-19-20-21-27(37)43-24-34(32(42)29(39)26(23-36)45-34)46-33-31(41)30(40)28(38)25(22-35)44-33/h9-10,25-26,28-33,35-36,38-42H,2-8,11-24H2,1H3/t25-,26-,28-,29-,30+,31-,32+,33-,34+/m1/s1. The molecule has 0 spiro atoms. The van der Waals surface area contributed by atoms with E-state index >= 15 is 0 Å². The van der Waals surface area contributed by atoms with E-state index in [-0.39, 0.29) is 6.42 Å². The molecule has 0 aliphatic carbocycles. The van der Waals surface area contributed by atoms with Crippen LogP contribution < -0.4 is 0 Å². The number of aliphatic hydroxyl groups excluding tert-OH is 7. The summed E-state index contributed by atoms with van der Waals surface area (Å²) in [5.74, 6) is -2.84. The SMILES string of the molecule is CCCCCCCCC=CCCCCCCCCCCCC(=O)OC[C@@]1(O[C@H]2O[C@H](CO)[C@@H](O)[C@H](O)[C@H]2O)O[C@H](CO)[C@@H](O)[C@@H]1O. The van der Waals surface area contributed by atoms with Crippen LogP contribution in [0.15, 0.2) is 12.2 Å². The van der Waals surface area contributed by atoms with Gasteiger partial charge in [-0.2, -0.15) is 0 Å². The Balaban J connectivity index is 1.61. The van der Waals surface area contributed by atoms with Crippen LogP contribution in [0.2, 0.25) is 0 Å². The zero-order chi connectivity index (χ0) is 33.8. The maximum Gasteiger partial charge on any atom is 0.305 e. The number of hydrogen-bond donors (Lipinski definition) is 7. The molecule has 0 aromatic rings. The van der Waals surface area contributed by atoms with E-state index in [0.29, 0.717) is 6.42 Å². The van der Waals surface area contributed by atoms with Gasteiger partial charge in [0.1, 0.15) is 49.3 Å². The van der Waals surface area contributed by atoms with Crippen LogP contribution in [-0.2, 0) is 23.7 Å². The fourth-order valence-corrected chi connectivity index (χ4v) is 5.92. The van der Waals surface area contributed by atoms with Gasteiger partial charge in [-0.05, 0) is 32.1 Å². The van der Waals surface area contributed by atoms with Crippen molar-refractivity contribution in [3.05, 3.63) is 12.2 Å². The summed E-state index contributed by atoms with van der Waals surface area (Å²) in [7, 11) is 0. The van der Waals surface area contributed by atoms with E-state index < -0.39 is 80.6 Å². The van der Waals surface area contributed by atoms with Gasteiger partial charge in [0.2, 0.25) is 5.79 Å². The molecule has 2 aliphatic heterocycles. The second-order valence-electron chi connectivity index (χ2n) is 12.8. The maximum atomic E-state index is 12.5. The molecule has 7 N–H and O–H groups in total. The van der Waals surface area contributed by atoms with Crippen LogP contribution in [0, 0.1) is 0 Å². The third kappa shape index (κ3) is 13.7. The third-order valence-corrected chi connectivity index (χ3v) is 8.93. The quantitative estimate of drug-likeness (QED) is 0.0430. The molecule has 2 fully saturated rings. The van der Waals surface area contributed by atoms with Crippen LogP contribution >= 0.6 is 0 Å². The second-order valence-corrected chi connectivity index (χ2v) is 12.8. The van der Waals surface area contributed by atoms with Gasteiger partial charge >= 0.3 is 5.97 Å². The number of carbonyl (C=O) groups excluding carboxylic acids is 1. The Bertz CT molecular complexity index is 826. The zero-order valence-electron chi connectivity index (χ0n) is 27.8. The molecule has 0 aromatic heterocycles. The van der Waals surface area contributed by atoms with Gasteiger partial charge < -0.3 is 54.7 Å². The molecule has 0 amide bonds. The Hall–Kier alpha value is -1.19. The first kappa shape index (κ1) is 41.0. The van der Waals surface area contributed by atoms with E-state index in [9.17, 15) is 40.5 Å². The topological polar surface area (TPSA) is 196 Å². The fourth-order valence-electron chi connectivity index (χ4n) is 5.92. The van der Waals surface area contributed by atoms with Crippen LogP contribution in [0.3, 0.4) is 0 Å². The van der Waals surface area contributed by atoms with Crippen molar-refractivity contribution in [3.63, 3.8) is 0 Å². The summed E-state index contributed by atoms with van der Waals surface area (Å²) >= 11 is 0. The minimum Gasteiger partial charge on any atom is -0.460 e. The van der Waals surface area contributed by atoms with Crippen LogP contribution in [0.5, 0.6) is 0 Å². The van der Waals surface area contributed by atoms with Crippen molar-refractivity contribution in [1.82, 2.24) is 0 Å². The third-order valence-electron chi connectivity index (χ3n) is 8.93. The Morgan fingerprint density at radius 1 is 0.674 bits per heavy atom. The van der Waals surface area contributed by atoms with Crippen molar-refractivity contribution in [3.8, 4) is 0 Å². The smallest absolute Gasteiger partial charge is 0.305 e. The summed E-state index contributed by atoms with van der Waals surface area (Å²) in [5.41, 5.74) is 0. The summed E-state index contributed by atoms with van der Waals surface area (Å²) in [6.45, 7) is 0.139. The van der Waals surface area contributed by atoms with Gasteiger partial charge in [-0.15, -0.1) is 0 Å². The Kier molecular flexibility index (Phi) is 20.7. The molecule has 2 aliphatic rings. The first-order valence-corrected chi connectivity index (χ1v) is 17.6. The number of esters is 1. The van der Waals surface area contributed by atoms with Crippen molar-refractivity contribution >= 4 is 5.97 Å². The number of allylic oxidation sites excluding steroid dienone is 2. The normalized spacial score (nSPS) is 31.6. The molecule has 9 atom stereocenters. The van der Waals surface area contributed by atoms with Crippen molar-refractivity contribution < 1.29 is 59.5 Å². The molecule has 0 radical (unpaired) electrons. The van der Waals surface area contributed by atoms with Gasteiger partial charge in [0.15, 0.2) is 6.29 Å². The van der Waals surface area contributed by atoms with Crippen LogP contribution in [0.4, 0.5) is 0 Å². The molecular weight excluding hydrogens is 600 g/mol. The number of hydrogen-bond acceptors (Lipinski definition) is 12. The number of unbranched alkanes of at least 4 members (excludes halogenated alkanes) is 15. The fraction of sp³-hybridized carbons (Fsp3) is 0.912. The van der Waals surface area contributed by atoms with E-state index in [0.717, 1.165) is 19.3 Å². The van der Waals surface area contributed by atoms with E-state index in [1.165, 1.54) is 83.5 Å². The van der Waals surface area contributed by atoms with E-state index in [2.05, 4.69) is 19.1 Å². The predicted molar refractivity (Wildman–Crippen MR) is 170 cm³/mol. The van der Waals surface area contributed by atoms with Crippen LogP contribution in [0.1, 0.15) is 122 Å². The van der Waals surface area contributed by atoms with E-state index in [1.54, 1.807) is 0 Å². The highest BCUT2D eigenvalue weighted by Gasteiger charge is 2.59. The highest BCUT2D eigenvalue weighted by molar-refractivity contribution is 5.69. The molecule has 0 bridgehead atoms. The Morgan fingerprint density at radius 3 is 1.72 bits per heavy atom. The maximum absolute atomic E-state index is 12.5. The molecule has 270 valence electrons. The highest BCUT2D eigenvalue weighted by Crippen LogP contribution is 2.36. The monoisotopic (exact) mass is 662 g/mol. The van der Waals surface area contributed by atoms with Crippen molar-refractivity contribution in [1.29, 1.82) is 0 Å². The predicted octanol–water partition coefficient (Wildman–Crippen LogP) is 2.75. The molecule has 12 nitrogen and oxygen atoms in total. The minimum absolute atomic E-state index is 0.116. The van der Waals surface area contributed by atoms with Crippen LogP contribution in [-0.4, -0.2) is 116 Å². The summed E-state index contributed by atoms with van der Waals surface area (Å²) in [4.78, 5) is 12.5. The molecule has 0 saturated carbocycles. The molecular formula is C34H62O12. The molecule has 2 saturated heterocycles. The molecule has 2 rings (SSSR count). The summed E-state index contributed by atoms with van der Waals surface area (Å²) in [6, 6.07) is 0. The average Bonchev–Trinajstić information content (AvgIpc) is 3.29. The van der Waals surface area contributed by atoms with Gasteiger partial charge in [0.25, 0.3) is 0 Å². The second kappa shape index (κ2) is 23.2. The van der Waals surface area contributed by atoms with Crippen molar-refractivity contribution in [2.24, 2.45) is 0 Å². The molecule has 0 aromatic carbocycles. The van der Waals surface area contributed by atoms with Gasteiger partial charge in [-0.1, -0.05) is 96.1 Å². The number of aliphatic hydroxyl groups is 7. The molecule has 12 heteroatoms. The van der Waals surface area contributed by atoms with Crippen molar-refractivity contribution in [2.75, 3.05) is 19.8 Å². The lowest BCUT2D eigenvalue weighted by molar-refractivity contribution is -0.383. The summed E-state index contributed by atoms with van der Waals surface area (Å²) in [6.07, 6.45) is 11.9. The number of ether oxygens (including phenoxy) is 4. The van der Waals surface area contributed by atoms with Gasteiger partial charge in [0, 0.05) is 6.42 Å². The largest absolute Gasteiger partial charge is 0.460 e. The lowest BCUT2D eigenvalue weighted by atomic mass is 9.99. The Morgan fingerprint density at radius 2 is 1.20 bits per heavy atom. The lowest BCUT2D eigenvalue weighted by Crippen LogP contribution is -2.62. The van der Waals surface area contributed by atoms with Crippen molar-refractivity contribution in [2.45, 2.75) is 177 Å². The van der Waals surface area contributed by atoms with Crippen LogP contribution in [0.25, 0.3) is 0 Å². The number of carbonyl (C=O) groups is 1. The molecule has 0 unspecified atom stereocenters. The summed E-state index contributed by atoms with van der Waals surface area (Å²) in [5, 5.41) is 70.6. The van der Waals surface area contributed by atoms with E-state index in [4.69, 9.17) is 18.9 Å². The minimum atomic E-state index is -2.25. The van der Waals surface area contributed by atoms with E-state index in [1.807, 2.05) is 0 Å². The Labute approximate surface area is 274 Å². The van der Waals surface area contributed by atoms with Gasteiger partial charge in [-0.25, -0.2) is 0 Å².